The van der Waals surface area contributed by atoms with E-state index in [1.165, 1.54) is 21.3 Å². The molecule has 2 saturated heterocycles. The van der Waals surface area contributed by atoms with Crippen molar-refractivity contribution in [3.63, 3.8) is 0 Å². The van der Waals surface area contributed by atoms with E-state index in [4.69, 9.17) is 19.2 Å². The third-order valence-corrected chi connectivity index (χ3v) is 13.5. The van der Waals surface area contributed by atoms with Gasteiger partial charge in [-0.15, -0.1) is 0 Å². The molecule has 4 aromatic rings. The topological polar surface area (TPSA) is 184 Å². The van der Waals surface area contributed by atoms with E-state index in [1.807, 2.05) is 61.2 Å². The molecule has 302 valence electrons. The SMILES string of the molecule is COC(=O)N[C@H](C(=O)N1CCC[C@H]1c1nc2cc(-c3ccc(C#Cc4cnc([C@@H]5C[Si](C)(C)CN5C(=O)[C@@H](NC(=O)OC)C(C)OC)[nH]4)cc3)ccc2[nH]1)C(C)C. The predicted molar refractivity (Wildman–Crippen MR) is 216 cm³/mol. The second kappa shape index (κ2) is 17.2. The average Bonchev–Trinajstić information content (AvgIpc) is 4.02. The van der Waals surface area contributed by atoms with Gasteiger partial charge in [-0.3, -0.25) is 9.59 Å². The van der Waals surface area contributed by atoms with Crippen LogP contribution in [0.1, 0.15) is 68.6 Å². The van der Waals surface area contributed by atoms with Crippen LogP contribution in [0.25, 0.3) is 22.2 Å². The zero-order chi connectivity index (χ0) is 41.0. The Morgan fingerprint density at radius 2 is 1.51 bits per heavy atom. The average molecular weight is 797 g/mol. The molecule has 2 aliphatic heterocycles. The van der Waals surface area contributed by atoms with Crippen LogP contribution in [-0.2, 0) is 23.8 Å². The number of nitrogens with zero attached hydrogens (tertiary/aromatic N) is 4. The van der Waals surface area contributed by atoms with Crippen LogP contribution < -0.4 is 10.6 Å². The highest BCUT2D eigenvalue weighted by molar-refractivity contribution is 6.78. The number of imidazole rings is 2. The summed E-state index contributed by atoms with van der Waals surface area (Å²) in [7, 11) is 2.25. The van der Waals surface area contributed by atoms with Gasteiger partial charge in [0.05, 0.1) is 57.7 Å². The van der Waals surface area contributed by atoms with Crippen molar-refractivity contribution in [2.75, 3.05) is 34.0 Å². The smallest absolute Gasteiger partial charge is 0.407 e. The third-order valence-electron chi connectivity index (χ3n) is 10.8. The number of hydrogen-bond acceptors (Lipinski definition) is 9. The van der Waals surface area contributed by atoms with Crippen molar-refractivity contribution in [2.45, 2.75) is 83.0 Å². The van der Waals surface area contributed by atoms with Gasteiger partial charge in [0, 0.05) is 25.4 Å². The minimum Gasteiger partial charge on any atom is -0.453 e. The number of carbonyl (C=O) groups is 4. The van der Waals surface area contributed by atoms with E-state index >= 15 is 0 Å². The Kier molecular flexibility index (Phi) is 12.4. The van der Waals surface area contributed by atoms with Crippen molar-refractivity contribution in [3.8, 4) is 23.0 Å². The second-order valence-electron chi connectivity index (χ2n) is 15.8. The Balaban J connectivity index is 1.14. The lowest BCUT2D eigenvalue weighted by molar-refractivity contribution is -0.137. The molecule has 4 N–H and O–H groups in total. The maximum atomic E-state index is 13.8. The Hall–Kier alpha value is -5.66. The summed E-state index contributed by atoms with van der Waals surface area (Å²) in [5, 5.41) is 5.34. The summed E-state index contributed by atoms with van der Waals surface area (Å²) in [4.78, 5) is 71.4. The summed E-state index contributed by atoms with van der Waals surface area (Å²) in [6, 6.07) is 12.7. The Bertz CT molecular complexity index is 2170. The van der Waals surface area contributed by atoms with E-state index < -0.39 is 38.4 Å². The van der Waals surface area contributed by atoms with Crippen LogP contribution in [-0.4, -0.2) is 114 Å². The molecule has 5 atom stereocenters. The quantitative estimate of drug-likeness (QED) is 0.122. The number of hydrogen-bond donors (Lipinski definition) is 4. The molecule has 57 heavy (non-hydrogen) atoms. The van der Waals surface area contributed by atoms with Crippen LogP contribution in [0.15, 0.2) is 48.7 Å². The normalized spacial score (nSPS) is 19.1. The number of nitrogens with one attached hydrogen (secondary N) is 4. The monoisotopic (exact) mass is 796 g/mol. The molecule has 0 aliphatic carbocycles. The molecular formula is C41H52N8O7Si. The van der Waals surface area contributed by atoms with Gasteiger partial charge in [0.2, 0.25) is 11.8 Å². The van der Waals surface area contributed by atoms with E-state index in [0.29, 0.717) is 24.2 Å². The molecule has 2 aromatic carbocycles. The number of ether oxygens (including phenoxy) is 3. The van der Waals surface area contributed by atoms with Crippen molar-refractivity contribution < 1.29 is 33.4 Å². The molecule has 0 bridgehead atoms. The number of aromatic amines is 2. The molecule has 16 heteroatoms. The Morgan fingerprint density at radius 3 is 2.18 bits per heavy atom. The highest BCUT2D eigenvalue weighted by atomic mass is 28.3. The van der Waals surface area contributed by atoms with Crippen molar-refractivity contribution in [1.29, 1.82) is 0 Å². The molecular weight excluding hydrogens is 745 g/mol. The summed E-state index contributed by atoms with van der Waals surface area (Å²) in [5.74, 6) is 7.27. The molecule has 4 amide bonds. The fraction of sp³-hybridized carbons (Fsp3) is 0.463. The van der Waals surface area contributed by atoms with E-state index in [-0.39, 0.29) is 29.8 Å². The Morgan fingerprint density at radius 1 is 0.842 bits per heavy atom. The summed E-state index contributed by atoms with van der Waals surface area (Å²) < 4.78 is 15.0. The van der Waals surface area contributed by atoms with Crippen LogP contribution in [0, 0.1) is 17.8 Å². The van der Waals surface area contributed by atoms with Crippen molar-refractivity contribution in [2.24, 2.45) is 5.92 Å². The molecule has 0 radical (unpaired) electrons. The number of alkyl carbamates (subject to hydrolysis) is 2. The molecule has 2 fully saturated rings. The number of amides is 4. The molecule has 2 aliphatic rings. The minimum atomic E-state index is -1.80. The number of aromatic nitrogens is 4. The van der Waals surface area contributed by atoms with Crippen LogP contribution in [0.2, 0.25) is 19.1 Å². The van der Waals surface area contributed by atoms with Gasteiger partial charge in [0.1, 0.15) is 29.4 Å². The molecule has 6 rings (SSSR count). The zero-order valence-electron chi connectivity index (χ0n) is 33.8. The molecule has 0 spiro atoms. The van der Waals surface area contributed by atoms with Crippen molar-refractivity contribution in [1.82, 2.24) is 40.4 Å². The van der Waals surface area contributed by atoms with E-state index in [9.17, 15) is 19.2 Å². The van der Waals surface area contributed by atoms with Crippen molar-refractivity contribution >= 4 is 43.1 Å². The number of methoxy groups -OCH3 is 3. The number of fused-ring (bicyclic) bond motifs is 1. The number of benzene rings is 2. The van der Waals surface area contributed by atoms with E-state index in [2.05, 4.69) is 50.5 Å². The standard InChI is InChI=1S/C41H52N8O7Si/c1-24(2)34(46-40(52)55-5)38(50)48-19-9-10-32(48)37-44-30-18-16-28(20-31(30)45-37)27-14-11-26(12-15-27)13-17-29-21-42-36(43-29)33-22-57(7,8)23-49(33)39(51)35(25(3)54-4)47-41(53)56-6/h11-12,14-16,18,20-21,24-25,32-35H,9-10,19,22-23H2,1-8H3,(H,42,43)(H,44,45)(H,46,52)(H,47,53)/t25?,32-,33-,34-,35-/m0/s1. The summed E-state index contributed by atoms with van der Waals surface area (Å²) >= 11 is 0. The minimum absolute atomic E-state index is 0.114. The second-order valence-corrected chi connectivity index (χ2v) is 20.9. The Labute approximate surface area is 333 Å². The van der Waals surface area contributed by atoms with Crippen molar-refractivity contribution in [3.05, 3.63) is 71.6 Å². The van der Waals surface area contributed by atoms with Gasteiger partial charge in [-0.05, 0) is 73.0 Å². The van der Waals surface area contributed by atoms with Crippen LogP contribution in [0.3, 0.4) is 0 Å². The fourth-order valence-electron chi connectivity index (χ4n) is 7.64. The first-order valence-electron chi connectivity index (χ1n) is 19.2. The highest BCUT2D eigenvalue weighted by Crippen LogP contribution is 2.37. The maximum absolute atomic E-state index is 13.8. The van der Waals surface area contributed by atoms with Gasteiger partial charge in [0.15, 0.2) is 0 Å². The predicted octanol–water partition coefficient (Wildman–Crippen LogP) is 5.29. The van der Waals surface area contributed by atoms with Crippen LogP contribution in [0.4, 0.5) is 9.59 Å². The van der Waals surface area contributed by atoms with Gasteiger partial charge in [-0.1, -0.05) is 51.1 Å². The lowest BCUT2D eigenvalue weighted by Crippen LogP contribution is -2.54. The summed E-state index contributed by atoms with van der Waals surface area (Å²) in [6.45, 7) is 10.6. The summed E-state index contributed by atoms with van der Waals surface area (Å²) in [5.41, 5.74) is 5.12. The number of carbonyl (C=O) groups excluding carboxylic acids is 4. The first kappa shape index (κ1) is 41.0. The zero-order valence-corrected chi connectivity index (χ0v) is 34.8. The van der Waals surface area contributed by atoms with Crippen LogP contribution in [0.5, 0.6) is 0 Å². The number of H-pyrrole nitrogens is 2. The van der Waals surface area contributed by atoms with E-state index in [0.717, 1.165) is 52.4 Å². The van der Waals surface area contributed by atoms with Gasteiger partial charge in [0.25, 0.3) is 0 Å². The van der Waals surface area contributed by atoms with Gasteiger partial charge in [-0.2, -0.15) is 0 Å². The third kappa shape index (κ3) is 9.16. The lowest BCUT2D eigenvalue weighted by atomic mass is 10.0. The van der Waals surface area contributed by atoms with Gasteiger partial charge < -0.3 is 44.6 Å². The molecule has 0 saturated carbocycles. The molecule has 2 aromatic heterocycles. The first-order valence-corrected chi connectivity index (χ1v) is 22.6. The molecule has 4 heterocycles. The molecule has 15 nitrogen and oxygen atoms in total. The largest absolute Gasteiger partial charge is 0.453 e. The highest BCUT2D eigenvalue weighted by Gasteiger charge is 2.46. The first-order chi connectivity index (χ1) is 27.2. The van der Waals surface area contributed by atoms with E-state index in [1.54, 1.807) is 18.0 Å². The van der Waals surface area contributed by atoms with Gasteiger partial charge in [-0.25, -0.2) is 19.6 Å². The van der Waals surface area contributed by atoms with Gasteiger partial charge >= 0.3 is 12.2 Å². The fourth-order valence-corrected chi connectivity index (χ4v) is 10.5. The molecule has 1 unspecified atom stereocenters. The lowest BCUT2D eigenvalue weighted by Gasteiger charge is -2.31. The van der Waals surface area contributed by atoms with Crippen LogP contribution >= 0.6 is 0 Å². The summed E-state index contributed by atoms with van der Waals surface area (Å²) in [6.07, 6.45) is 2.02. The number of likely N-dealkylation sites (tertiary alicyclic amines) is 1. The maximum Gasteiger partial charge on any atom is 0.407 e. The number of rotatable bonds is 10.